The fourth-order valence-electron chi connectivity index (χ4n) is 0.977. The quantitative estimate of drug-likeness (QED) is 0.900. The molecule has 0 amide bonds. The average Bonchev–Trinajstić information content (AvgIpc) is 2.09. The summed E-state index contributed by atoms with van der Waals surface area (Å²) < 4.78 is 2.14. The second-order valence-corrected chi connectivity index (χ2v) is 4.45. The van der Waals surface area contributed by atoms with Gasteiger partial charge in [0.1, 0.15) is 0 Å². The highest BCUT2D eigenvalue weighted by Crippen LogP contribution is 2.08. The van der Waals surface area contributed by atoms with Gasteiger partial charge in [-0.15, -0.1) is 0 Å². The molecule has 13 heavy (non-hydrogen) atoms. The summed E-state index contributed by atoms with van der Waals surface area (Å²) in [7, 11) is 0. The number of hydrogen-bond donors (Lipinski definition) is 1. The van der Waals surface area contributed by atoms with Crippen LogP contribution in [-0.2, 0) is 6.54 Å². The van der Waals surface area contributed by atoms with Gasteiger partial charge in [-0.25, -0.2) is 0 Å². The molecule has 2 N–H and O–H groups in total. The van der Waals surface area contributed by atoms with Gasteiger partial charge in [0, 0.05) is 24.2 Å². The van der Waals surface area contributed by atoms with Gasteiger partial charge in [0.15, 0.2) is 0 Å². The SMILES string of the molecule is CSCCn1cc(N)cc(Br)c1=O. The predicted octanol–water partition coefficient (Wildman–Crippen LogP) is 1.56. The third kappa shape index (κ3) is 2.77. The van der Waals surface area contributed by atoms with E-state index in [1.165, 1.54) is 0 Å². The summed E-state index contributed by atoms with van der Waals surface area (Å²) in [4.78, 5) is 11.5. The van der Waals surface area contributed by atoms with Crippen molar-refractivity contribution in [2.24, 2.45) is 0 Å². The van der Waals surface area contributed by atoms with E-state index in [4.69, 9.17) is 5.73 Å². The topological polar surface area (TPSA) is 48.0 Å². The third-order valence-corrected chi connectivity index (χ3v) is 2.76. The smallest absolute Gasteiger partial charge is 0.265 e. The van der Waals surface area contributed by atoms with E-state index in [1.54, 1.807) is 28.6 Å². The van der Waals surface area contributed by atoms with Crippen molar-refractivity contribution in [2.75, 3.05) is 17.7 Å². The van der Waals surface area contributed by atoms with Gasteiger partial charge < -0.3 is 10.3 Å². The lowest BCUT2D eigenvalue weighted by Gasteiger charge is -2.05. The van der Waals surface area contributed by atoms with E-state index in [0.717, 1.165) is 5.75 Å². The number of nitrogen functional groups attached to an aromatic ring is 1. The minimum absolute atomic E-state index is 0.0248. The predicted molar refractivity (Wildman–Crippen MR) is 61.2 cm³/mol. The first-order chi connectivity index (χ1) is 6.15. The molecule has 0 aliphatic heterocycles. The Hall–Kier alpha value is -0.420. The maximum atomic E-state index is 11.5. The van der Waals surface area contributed by atoms with Crippen LogP contribution in [0.3, 0.4) is 0 Å². The summed E-state index contributed by atoms with van der Waals surface area (Å²) in [5.74, 6) is 0.912. The van der Waals surface area contributed by atoms with Crippen molar-refractivity contribution in [1.82, 2.24) is 4.57 Å². The molecule has 0 aromatic carbocycles. The Morgan fingerprint density at radius 1 is 1.69 bits per heavy atom. The number of nitrogens with zero attached hydrogens (tertiary/aromatic N) is 1. The zero-order valence-electron chi connectivity index (χ0n) is 7.29. The van der Waals surface area contributed by atoms with Crippen LogP contribution in [0.15, 0.2) is 21.5 Å². The van der Waals surface area contributed by atoms with E-state index < -0.39 is 0 Å². The zero-order valence-corrected chi connectivity index (χ0v) is 9.69. The number of aromatic nitrogens is 1. The Bertz CT molecular complexity index is 350. The molecule has 0 bridgehead atoms. The Kier molecular flexibility index (Phi) is 3.87. The monoisotopic (exact) mass is 262 g/mol. The highest BCUT2D eigenvalue weighted by Gasteiger charge is 2.01. The molecule has 0 atom stereocenters. The Morgan fingerprint density at radius 3 is 3.00 bits per heavy atom. The first kappa shape index (κ1) is 10.7. The van der Waals surface area contributed by atoms with E-state index in [9.17, 15) is 4.79 Å². The summed E-state index contributed by atoms with van der Waals surface area (Å²) in [5.41, 5.74) is 6.18. The van der Waals surface area contributed by atoms with Gasteiger partial charge in [-0.2, -0.15) is 11.8 Å². The number of aryl methyl sites for hydroxylation is 1. The standard InChI is InChI=1S/C8H11BrN2OS/c1-13-3-2-11-5-6(10)4-7(9)8(11)12/h4-5H,2-3,10H2,1H3. The van der Waals surface area contributed by atoms with Gasteiger partial charge in [0.2, 0.25) is 0 Å². The fourth-order valence-corrected chi connectivity index (χ4v) is 1.85. The van der Waals surface area contributed by atoms with Gasteiger partial charge in [0.05, 0.1) is 4.47 Å². The molecule has 1 aromatic heterocycles. The lowest BCUT2D eigenvalue weighted by Crippen LogP contribution is -2.21. The van der Waals surface area contributed by atoms with Crippen molar-refractivity contribution < 1.29 is 0 Å². The molecule has 72 valence electrons. The molecule has 0 saturated carbocycles. The molecule has 0 aliphatic rings. The minimum Gasteiger partial charge on any atom is -0.398 e. The molecule has 1 heterocycles. The van der Waals surface area contributed by atoms with Crippen LogP contribution in [0.4, 0.5) is 5.69 Å². The molecule has 0 radical (unpaired) electrons. The number of pyridine rings is 1. The number of nitrogens with two attached hydrogens (primary N) is 1. The van der Waals surface area contributed by atoms with Gasteiger partial charge in [-0.05, 0) is 28.3 Å². The third-order valence-electron chi connectivity index (χ3n) is 1.60. The molecule has 3 nitrogen and oxygen atoms in total. The largest absolute Gasteiger partial charge is 0.398 e. The minimum atomic E-state index is -0.0248. The van der Waals surface area contributed by atoms with Crippen molar-refractivity contribution in [3.63, 3.8) is 0 Å². The second kappa shape index (κ2) is 4.72. The molecular formula is C8H11BrN2OS. The van der Waals surface area contributed by atoms with Crippen molar-refractivity contribution >= 4 is 33.4 Å². The zero-order chi connectivity index (χ0) is 9.84. The maximum absolute atomic E-state index is 11.5. The Balaban J connectivity index is 2.99. The van der Waals surface area contributed by atoms with Crippen LogP contribution >= 0.6 is 27.7 Å². The number of anilines is 1. The normalized spacial score (nSPS) is 10.3. The number of rotatable bonds is 3. The van der Waals surface area contributed by atoms with E-state index in [1.807, 2.05) is 6.26 Å². The molecule has 0 unspecified atom stereocenters. The van der Waals surface area contributed by atoms with Gasteiger partial charge in [-0.3, -0.25) is 4.79 Å². The number of thioether (sulfide) groups is 1. The molecule has 1 aromatic rings. The van der Waals surface area contributed by atoms with Crippen LogP contribution < -0.4 is 11.3 Å². The summed E-state index contributed by atoms with van der Waals surface area (Å²) >= 11 is 4.87. The highest BCUT2D eigenvalue weighted by atomic mass is 79.9. The average molecular weight is 263 g/mol. The van der Waals surface area contributed by atoms with Crippen molar-refractivity contribution in [1.29, 1.82) is 0 Å². The summed E-state index contributed by atoms with van der Waals surface area (Å²) in [6.45, 7) is 0.698. The van der Waals surface area contributed by atoms with Gasteiger partial charge >= 0.3 is 0 Å². The van der Waals surface area contributed by atoms with Crippen LogP contribution in [0.25, 0.3) is 0 Å². The van der Waals surface area contributed by atoms with E-state index >= 15 is 0 Å². The fraction of sp³-hybridized carbons (Fsp3) is 0.375. The number of halogens is 1. The van der Waals surface area contributed by atoms with Crippen LogP contribution in [-0.4, -0.2) is 16.6 Å². The first-order valence-electron chi connectivity index (χ1n) is 3.79. The van der Waals surface area contributed by atoms with Crippen molar-refractivity contribution in [3.8, 4) is 0 Å². The number of hydrogen-bond acceptors (Lipinski definition) is 3. The van der Waals surface area contributed by atoms with Crippen LogP contribution in [0.1, 0.15) is 0 Å². The van der Waals surface area contributed by atoms with Crippen molar-refractivity contribution in [3.05, 3.63) is 27.1 Å². The molecule has 1 rings (SSSR count). The lowest BCUT2D eigenvalue weighted by atomic mass is 10.4. The molecule has 0 spiro atoms. The van der Waals surface area contributed by atoms with Crippen LogP contribution in [0.2, 0.25) is 0 Å². The van der Waals surface area contributed by atoms with Crippen LogP contribution in [0.5, 0.6) is 0 Å². The van der Waals surface area contributed by atoms with Crippen LogP contribution in [0, 0.1) is 0 Å². The lowest BCUT2D eigenvalue weighted by molar-refractivity contribution is 0.733. The first-order valence-corrected chi connectivity index (χ1v) is 5.98. The summed E-state index contributed by atoms with van der Waals surface area (Å²) in [6.07, 6.45) is 3.68. The van der Waals surface area contributed by atoms with Crippen molar-refractivity contribution in [2.45, 2.75) is 6.54 Å². The van der Waals surface area contributed by atoms with Gasteiger partial charge in [-0.1, -0.05) is 0 Å². The Morgan fingerprint density at radius 2 is 2.38 bits per heavy atom. The maximum Gasteiger partial charge on any atom is 0.265 e. The summed E-state index contributed by atoms with van der Waals surface area (Å²) in [6, 6.07) is 1.62. The summed E-state index contributed by atoms with van der Waals surface area (Å²) in [5, 5.41) is 0. The molecule has 0 saturated heterocycles. The molecular weight excluding hydrogens is 252 g/mol. The van der Waals surface area contributed by atoms with Gasteiger partial charge in [0.25, 0.3) is 5.56 Å². The second-order valence-electron chi connectivity index (χ2n) is 2.61. The molecule has 5 heteroatoms. The van der Waals surface area contributed by atoms with E-state index in [-0.39, 0.29) is 5.56 Å². The highest BCUT2D eigenvalue weighted by molar-refractivity contribution is 9.10. The Labute approximate surface area is 89.4 Å². The molecule has 0 aliphatic carbocycles. The molecule has 0 fully saturated rings. The van der Waals surface area contributed by atoms with E-state index in [2.05, 4.69) is 15.9 Å². The van der Waals surface area contributed by atoms with E-state index in [0.29, 0.717) is 16.7 Å².